The van der Waals surface area contributed by atoms with Gasteiger partial charge in [0.2, 0.25) is 5.82 Å². The van der Waals surface area contributed by atoms with E-state index in [4.69, 9.17) is 10.2 Å². The third-order valence-electron chi connectivity index (χ3n) is 6.74. The van der Waals surface area contributed by atoms with Crippen LogP contribution >= 0.6 is 0 Å². The Morgan fingerprint density at radius 2 is 1.91 bits per heavy atom. The van der Waals surface area contributed by atoms with Crippen molar-refractivity contribution in [3.05, 3.63) is 48.8 Å². The van der Waals surface area contributed by atoms with Gasteiger partial charge in [0.15, 0.2) is 11.5 Å². The first-order valence-electron chi connectivity index (χ1n) is 11.4. The first-order chi connectivity index (χ1) is 17.1. The molecule has 1 saturated carbocycles. The first-order valence-corrected chi connectivity index (χ1v) is 12.8. The van der Waals surface area contributed by atoms with Crippen molar-refractivity contribution in [2.75, 3.05) is 0 Å². The topological polar surface area (TPSA) is 148 Å². The molecule has 1 fully saturated rings. The molecule has 0 atom stereocenters. The maximum Gasteiger partial charge on any atom is 0.269 e. The molecule has 0 unspecified atom stereocenters. The van der Waals surface area contributed by atoms with Crippen molar-refractivity contribution < 1.29 is 8.42 Å². The number of aromatic amines is 1. The van der Waals surface area contributed by atoms with E-state index in [1.165, 1.54) is 10.2 Å². The number of pyridine rings is 1. The smallest absolute Gasteiger partial charge is 0.269 e. The Balaban J connectivity index is 1.54. The number of H-pyrrole nitrogens is 1. The van der Waals surface area contributed by atoms with Crippen molar-refractivity contribution in [2.24, 2.45) is 5.92 Å². The molecule has 0 saturated heterocycles. The van der Waals surface area contributed by atoms with E-state index < -0.39 is 10.0 Å². The molecule has 6 rings (SSSR count). The maximum absolute atomic E-state index is 13.4. The van der Waals surface area contributed by atoms with E-state index in [1.54, 1.807) is 42.6 Å². The molecule has 4 aromatic heterocycles. The fraction of sp³-hybridized carbons (Fsp3) is 0.304. The van der Waals surface area contributed by atoms with Gasteiger partial charge in [0.05, 0.1) is 22.7 Å². The van der Waals surface area contributed by atoms with Crippen LogP contribution in [0.3, 0.4) is 0 Å². The summed E-state index contributed by atoms with van der Waals surface area (Å²) in [6.45, 7) is 0. The van der Waals surface area contributed by atoms with E-state index in [1.807, 2.05) is 0 Å². The molecule has 1 aliphatic carbocycles. The summed E-state index contributed by atoms with van der Waals surface area (Å²) in [5.74, 6) is 1.31. The van der Waals surface area contributed by atoms with Gasteiger partial charge in [-0.1, -0.05) is 18.2 Å². The van der Waals surface area contributed by atoms with E-state index in [0.717, 1.165) is 31.2 Å². The van der Waals surface area contributed by atoms with Crippen molar-refractivity contribution in [2.45, 2.75) is 43.0 Å². The minimum atomic E-state index is -3.82. The number of hydrogen-bond donors (Lipinski definition) is 1. The van der Waals surface area contributed by atoms with E-state index in [2.05, 4.69) is 36.2 Å². The quantitative estimate of drug-likeness (QED) is 0.396. The van der Waals surface area contributed by atoms with Gasteiger partial charge in [-0.25, -0.2) is 22.4 Å². The van der Waals surface area contributed by atoms with Gasteiger partial charge in [-0.3, -0.25) is 0 Å². The van der Waals surface area contributed by atoms with E-state index in [9.17, 15) is 8.42 Å². The van der Waals surface area contributed by atoms with E-state index in [0.29, 0.717) is 40.5 Å². The molecular formula is C23H21N9O2S. The molecule has 0 amide bonds. The van der Waals surface area contributed by atoms with Crippen LogP contribution in [0.4, 0.5) is 0 Å². The lowest BCUT2D eigenvalue weighted by molar-refractivity contribution is 0.283. The number of hydrogen-bond acceptors (Lipinski definition) is 8. The molecule has 0 spiro atoms. The van der Waals surface area contributed by atoms with E-state index in [-0.39, 0.29) is 10.9 Å². The molecule has 1 aromatic carbocycles. The second-order valence-corrected chi connectivity index (χ2v) is 10.6. The second-order valence-electron chi connectivity index (χ2n) is 8.74. The number of fused-ring (bicyclic) bond motifs is 3. The van der Waals surface area contributed by atoms with Gasteiger partial charge in [0, 0.05) is 24.0 Å². The van der Waals surface area contributed by atoms with Crippen molar-refractivity contribution in [1.29, 1.82) is 5.26 Å². The number of benzene rings is 1. The van der Waals surface area contributed by atoms with Crippen LogP contribution in [0.15, 0.2) is 53.7 Å². The van der Waals surface area contributed by atoms with Gasteiger partial charge < -0.3 is 4.57 Å². The average molecular weight is 488 g/mol. The molecule has 11 nitrogen and oxygen atoms in total. The Bertz CT molecular complexity index is 1660. The van der Waals surface area contributed by atoms with Crippen LogP contribution in [0.5, 0.6) is 0 Å². The zero-order chi connectivity index (χ0) is 24.0. The lowest BCUT2D eigenvalue weighted by Gasteiger charge is -2.29. The molecule has 5 aromatic rings. The zero-order valence-electron chi connectivity index (χ0n) is 18.6. The summed E-state index contributed by atoms with van der Waals surface area (Å²) in [5.41, 5.74) is 1.76. The third-order valence-corrected chi connectivity index (χ3v) is 8.42. The number of rotatable bonds is 5. The van der Waals surface area contributed by atoms with Crippen molar-refractivity contribution in [3.8, 4) is 17.7 Å². The van der Waals surface area contributed by atoms with Gasteiger partial charge in [0.25, 0.3) is 10.0 Å². The minimum absolute atomic E-state index is 0.100. The molecular weight excluding hydrogens is 466 g/mol. The normalized spacial score (nSPS) is 18.7. The van der Waals surface area contributed by atoms with Crippen LogP contribution in [-0.4, -0.2) is 47.5 Å². The summed E-state index contributed by atoms with van der Waals surface area (Å²) in [5, 5.41) is 24.3. The van der Waals surface area contributed by atoms with Crippen LogP contribution < -0.4 is 0 Å². The monoisotopic (exact) mass is 487 g/mol. The van der Waals surface area contributed by atoms with E-state index >= 15 is 0 Å². The number of aromatic nitrogens is 8. The molecule has 4 heterocycles. The van der Waals surface area contributed by atoms with Crippen molar-refractivity contribution in [1.82, 2.24) is 39.1 Å². The van der Waals surface area contributed by atoms with Gasteiger partial charge in [0.1, 0.15) is 5.52 Å². The van der Waals surface area contributed by atoms with Gasteiger partial charge in [-0.05, 0) is 55.0 Å². The molecule has 176 valence electrons. The van der Waals surface area contributed by atoms with Crippen LogP contribution in [0.25, 0.3) is 33.7 Å². The highest BCUT2D eigenvalue weighted by Crippen LogP contribution is 2.40. The number of nitrogens with zero attached hydrogens (tertiary/aromatic N) is 8. The molecule has 1 N–H and O–H groups in total. The predicted molar refractivity (Wildman–Crippen MR) is 126 cm³/mol. The van der Waals surface area contributed by atoms with Crippen LogP contribution in [0, 0.1) is 17.2 Å². The Morgan fingerprint density at radius 3 is 2.63 bits per heavy atom. The number of tetrazole rings is 1. The molecule has 1 aliphatic rings. The predicted octanol–water partition coefficient (Wildman–Crippen LogP) is 3.45. The number of nitriles is 1. The van der Waals surface area contributed by atoms with Crippen LogP contribution in [-0.2, 0) is 10.0 Å². The fourth-order valence-electron chi connectivity index (χ4n) is 5.05. The molecule has 0 radical (unpaired) electrons. The van der Waals surface area contributed by atoms with Gasteiger partial charge in [-0.2, -0.15) is 10.5 Å². The molecule has 35 heavy (non-hydrogen) atoms. The Labute approximate surface area is 200 Å². The third kappa shape index (κ3) is 3.47. The number of imidazole rings is 1. The molecule has 0 aliphatic heterocycles. The van der Waals surface area contributed by atoms with Crippen molar-refractivity contribution >= 4 is 32.1 Å². The molecule has 12 heteroatoms. The first kappa shape index (κ1) is 21.4. The Hall–Kier alpha value is -4.11. The lowest BCUT2D eigenvalue weighted by atomic mass is 9.84. The molecule has 0 bridgehead atoms. The summed E-state index contributed by atoms with van der Waals surface area (Å²) < 4.78 is 30.0. The summed E-state index contributed by atoms with van der Waals surface area (Å²) >= 11 is 0. The highest BCUT2D eigenvalue weighted by Gasteiger charge is 2.29. The lowest BCUT2D eigenvalue weighted by Crippen LogP contribution is -2.19. The minimum Gasteiger partial charge on any atom is -0.317 e. The Kier molecular flexibility index (Phi) is 5.07. The average Bonchev–Trinajstić information content (AvgIpc) is 3.63. The Morgan fingerprint density at radius 1 is 1.11 bits per heavy atom. The summed E-state index contributed by atoms with van der Waals surface area (Å²) in [4.78, 5) is 9.45. The summed E-state index contributed by atoms with van der Waals surface area (Å²) in [6, 6.07) is 12.5. The second kappa shape index (κ2) is 8.28. The standard InChI is InChI=1S/C23H21N9O2S/c24-12-10-15-6-8-16(9-7-15)32-20-18-11-13-31(35(33,34)17-4-2-1-3-5-17)22(18)25-14-19(20)26-23(32)21-27-29-30-28-21/h1-5,11,13-16H,6-10H2,(H,27,28,29,30)/t15-,16-. The van der Waals surface area contributed by atoms with Gasteiger partial charge in [-0.15, -0.1) is 10.2 Å². The highest BCUT2D eigenvalue weighted by atomic mass is 32.2. The summed E-state index contributed by atoms with van der Waals surface area (Å²) in [7, 11) is -3.82. The SMILES string of the molecule is N#CC[C@H]1CC[C@H](n2c(-c3nn[nH]n3)nc3cnc4c(ccn4S(=O)(=O)c4ccccc4)c32)CC1. The van der Waals surface area contributed by atoms with Crippen molar-refractivity contribution in [3.63, 3.8) is 0 Å². The highest BCUT2D eigenvalue weighted by molar-refractivity contribution is 7.90. The summed E-state index contributed by atoms with van der Waals surface area (Å²) in [6.07, 6.45) is 7.29. The largest absolute Gasteiger partial charge is 0.317 e. The van der Waals surface area contributed by atoms with Crippen LogP contribution in [0.1, 0.15) is 38.1 Å². The van der Waals surface area contributed by atoms with Gasteiger partial charge >= 0.3 is 0 Å². The fourth-order valence-corrected chi connectivity index (χ4v) is 6.38. The zero-order valence-corrected chi connectivity index (χ0v) is 19.4. The maximum atomic E-state index is 13.4. The number of nitrogens with one attached hydrogen (secondary N) is 1. The van der Waals surface area contributed by atoms with Crippen LogP contribution in [0.2, 0.25) is 0 Å².